The predicted octanol–water partition coefficient (Wildman–Crippen LogP) is 3.28. The second-order valence-electron chi connectivity index (χ2n) is 7.70. The fourth-order valence-corrected chi connectivity index (χ4v) is 3.75. The van der Waals surface area contributed by atoms with E-state index in [0.29, 0.717) is 5.41 Å². The lowest BCUT2D eigenvalue weighted by Gasteiger charge is -2.33. The number of hydrogen-bond acceptors (Lipinski definition) is 2. The Hall–Kier alpha value is -0.0800. The Labute approximate surface area is 114 Å². The van der Waals surface area contributed by atoms with Gasteiger partial charge in [0.2, 0.25) is 0 Å². The first-order chi connectivity index (χ1) is 8.46. The molecule has 0 bridgehead atoms. The molecule has 2 unspecified atom stereocenters. The molecule has 0 radical (unpaired) electrons. The third-order valence-electron chi connectivity index (χ3n) is 4.68. The van der Waals surface area contributed by atoms with E-state index >= 15 is 0 Å². The molecule has 2 fully saturated rings. The van der Waals surface area contributed by atoms with Gasteiger partial charge >= 0.3 is 0 Å². The maximum Gasteiger partial charge on any atom is 0.0195 e. The summed E-state index contributed by atoms with van der Waals surface area (Å²) in [7, 11) is 0. The molecule has 2 aliphatic rings. The molecule has 0 spiro atoms. The van der Waals surface area contributed by atoms with Crippen LogP contribution in [0.1, 0.15) is 59.8 Å². The van der Waals surface area contributed by atoms with Crippen LogP contribution in [-0.4, -0.2) is 36.6 Å². The monoisotopic (exact) mass is 252 g/mol. The summed E-state index contributed by atoms with van der Waals surface area (Å²) in [6, 6.07) is 1.59. The third-order valence-corrected chi connectivity index (χ3v) is 4.68. The molecule has 2 atom stereocenters. The fraction of sp³-hybridized carbons (Fsp3) is 1.00. The number of nitrogens with one attached hydrogen (secondary N) is 1. The molecule has 0 aromatic rings. The molecule has 2 rings (SSSR count). The van der Waals surface area contributed by atoms with Crippen molar-refractivity contribution in [2.75, 3.05) is 19.6 Å². The van der Waals surface area contributed by atoms with Crippen LogP contribution in [0.2, 0.25) is 0 Å². The van der Waals surface area contributed by atoms with E-state index in [1.165, 1.54) is 51.7 Å². The van der Waals surface area contributed by atoms with Crippen LogP contribution in [0, 0.1) is 11.3 Å². The van der Waals surface area contributed by atoms with Gasteiger partial charge < -0.3 is 5.32 Å². The average Bonchev–Trinajstić information content (AvgIpc) is 2.86. The van der Waals surface area contributed by atoms with Crippen LogP contribution in [0.15, 0.2) is 0 Å². The minimum atomic E-state index is 0.572. The largest absolute Gasteiger partial charge is 0.313 e. The van der Waals surface area contributed by atoms with E-state index in [2.05, 4.69) is 37.9 Å². The van der Waals surface area contributed by atoms with Crippen LogP contribution in [-0.2, 0) is 0 Å². The summed E-state index contributed by atoms with van der Waals surface area (Å²) >= 11 is 0. The first-order valence-electron chi connectivity index (χ1n) is 7.94. The molecule has 106 valence electrons. The molecule has 2 nitrogen and oxygen atoms in total. The number of nitrogens with zero attached hydrogens (tertiary/aromatic N) is 1. The zero-order chi connectivity index (χ0) is 13.2. The van der Waals surface area contributed by atoms with Gasteiger partial charge in [-0.2, -0.15) is 0 Å². The molecule has 1 saturated carbocycles. The van der Waals surface area contributed by atoms with Crippen molar-refractivity contribution in [3.05, 3.63) is 0 Å². The molecule has 2 heteroatoms. The van der Waals surface area contributed by atoms with Crippen LogP contribution in [0.5, 0.6) is 0 Å². The van der Waals surface area contributed by atoms with Crippen LogP contribution >= 0.6 is 0 Å². The minimum absolute atomic E-state index is 0.572. The highest BCUT2D eigenvalue weighted by Crippen LogP contribution is 2.39. The molecular weight excluding hydrogens is 220 g/mol. The van der Waals surface area contributed by atoms with E-state index in [9.17, 15) is 0 Å². The topological polar surface area (TPSA) is 15.3 Å². The quantitative estimate of drug-likeness (QED) is 0.808. The Bertz CT molecular complexity index is 254. The summed E-state index contributed by atoms with van der Waals surface area (Å²) in [5.74, 6) is 0.787. The Balaban J connectivity index is 1.91. The molecule has 1 aliphatic heterocycles. The Morgan fingerprint density at radius 3 is 2.56 bits per heavy atom. The van der Waals surface area contributed by atoms with Gasteiger partial charge in [-0.1, -0.05) is 27.7 Å². The van der Waals surface area contributed by atoms with Crippen LogP contribution < -0.4 is 5.32 Å². The second kappa shape index (κ2) is 5.92. The molecule has 18 heavy (non-hydrogen) atoms. The van der Waals surface area contributed by atoms with Gasteiger partial charge in [0, 0.05) is 25.2 Å². The van der Waals surface area contributed by atoms with Crippen molar-refractivity contribution < 1.29 is 0 Å². The van der Waals surface area contributed by atoms with E-state index in [4.69, 9.17) is 0 Å². The average molecular weight is 252 g/mol. The summed E-state index contributed by atoms with van der Waals surface area (Å²) in [6.45, 7) is 13.4. The normalized spacial score (nSPS) is 31.7. The zero-order valence-electron chi connectivity index (χ0n) is 12.8. The lowest BCUT2D eigenvalue weighted by molar-refractivity contribution is 0.153. The molecule has 1 N–H and O–H groups in total. The van der Waals surface area contributed by atoms with Gasteiger partial charge in [-0.05, 0) is 50.0 Å². The molecule has 0 amide bonds. The smallest absolute Gasteiger partial charge is 0.0195 e. The molecular formula is C16H32N2. The summed E-state index contributed by atoms with van der Waals surface area (Å²) in [5.41, 5.74) is 0.572. The molecule has 1 heterocycles. The molecule has 0 aromatic carbocycles. The van der Waals surface area contributed by atoms with Crippen molar-refractivity contribution in [3.8, 4) is 0 Å². The first kappa shape index (κ1) is 14.3. The zero-order valence-corrected chi connectivity index (χ0v) is 12.8. The van der Waals surface area contributed by atoms with Crippen molar-refractivity contribution in [3.63, 3.8) is 0 Å². The minimum Gasteiger partial charge on any atom is -0.313 e. The third kappa shape index (κ3) is 3.96. The maximum atomic E-state index is 3.66. The second-order valence-corrected chi connectivity index (χ2v) is 7.70. The van der Waals surface area contributed by atoms with Gasteiger partial charge in [-0.3, -0.25) is 4.90 Å². The van der Waals surface area contributed by atoms with Crippen LogP contribution in [0.3, 0.4) is 0 Å². The van der Waals surface area contributed by atoms with Crippen LogP contribution in [0.4, 0.5) is 0 Å². The van der Waals surface area contributed by atoms with E-state index in [1.54, 1.807) is 0 Å². The summed E-state index contributed by atoms with van der Waals surface area (Å²) < 4.78 is 0. The Morgan fingerprint density at radius 1 is 1.28 bits per heavy atom. The molecule has 1 saturated heterocycles. The van der Waals surface area contributed by atoms with Gasteiger partial charge in [-0.25, -0.2) is 0 Å². The lowest BCUT2D eigenvalue weighted by Crippen LogP contribution is -2.44. The Morgan fingerprint density at radius 2 is 2.06 bits per heavy atom. The van der Waals surface area contributed by atoms with Crippen molar-refractivity contribution in [1.82, 2.24) is 10.2 Å². The number of hydrogen-bond donors (Lipinski definition) is 1. The van der Waals surface area contributed by atoms with E-state index in [0.717, 1.165) is 18.0 Å². The van der Waals surface area contributed by atoms with E-state index < -0.39 is 0 Å². The SMILES string of the molecule is CC(C)CN(CC1CCCN1)C1CCC(C)(C)C1. The number of rotatable bonds is 5. The van der Waals surface area contributed by atoms with Crippen molar-refractivity contribution in [2.45, 2.75) is 71.9 Å². The lowest BCUT2D eigenvalue weighted by atomic mass is 9.91. The summed E-state index contributed by atoms with van der Waals surface area (Å²) in [4.78, 5) is 2.79. The van der Waals surface area contributed by atoms with Crippen LogP contribution in [0.25, 0.3) is 0 Å². The van der Waals surface area contributed by atoms with Gasteiger partial charge in [0.1, 0.15) is 0 Å². The highest BCUT2D eigenvalue weighted by molar-refractivity contribution is 4.90. The van der Waals surface area contributed by atoms with E-state index in [1.807, 2.05) is 0 Å². The van der Waals surface area contributed by atoms with E-state index in [-0.39, 0.29) is 0 Å². The van der Waals surface area contributed by atoms with Gasteiger partial charge in [0.05, 0.1) is 0 Å². The van der Waals surface area contributed by atoms with Gasteiger partial charge in [-0.15, -0.1) is 0 Å². The van der Waals surface area contributed by atoms with Crippen molar-refractivity contribution in [2.24, 2.45) is 11.3 Å². The van der Waals surface area contributed by atoms with Gasteiger partial charge in [0.25, 0.3) is 0 Å². The standard InChI is InChI=1S/C16H32N2/c1-13(2)11-18(12-14-6-5-9-17-14)15-7-8-16(3,4)10-15/h13-15,17H,5-12H2,1-4H3. The van der Waals surface area contributed by atoms with Crippen molar-refractivity contribution >= 4 is 0 Å². The van der Waals surface area contributed by atoms with Crippen molar-refractivity contribution in [1.29, 1.82) is 0 Å². The predicted molar refractivity (Wildman–Crippen MR) is 78.9 cm³/mol. The van der Waals surface area contributed by atoms with Gasteiger partial charge in [0.15, 0.2) is 0 Å². The highest BCUT2D eigenvalue weighted by Gasteiger charge is 2.35. The molecule has 1 aliphatic carbocycles. The first-order valence-corrected chi connectivity index (χ1v) is 7.94. The molecule has 0 aromatic heterocycles. The summed E-state index contributed by atoms with van der Waals surface area (Å²) in [5, 5.41) is 3.66. The Kier molecular flexibility index (Phi) is 4.71. The summed E-state index contributed by atoms with van der Waals surface area (Å²) in [6.07, 6.45) is 6.96. The fourth-order valence-electron chi connectivity index (χ4n) is 3.75. The highest BCUT2D eigenvalue weighted by atomic mass is 15.2. The maximum absolute atomic E-state index is 3.66.